The average molecular weight is 245 g/mol. The first-order valence-electron chi connectivity index (χ1n) is 4.99. The molecule has 2 amide bonds. The monoisotopic (exact) mass is 245 g/mol. The van der Waals surface area contributed by atoms with Crippen LogP contribution in [0.3, 0.4) is 0 Å². The molecular weight excluding hydrogens is 238 g/mol. The zero-order valence-corrected chi connectivity index (χ0v) is 9.48. The molecule has 0 fully saturated rings. The van der Waals surface area contributed by atoms with Gasteiger partial charge >= 0.3 is 0 Å². The molecule has 0 spiro atoms. The van der Waals surface area contributed by atoms with E-state index in [9.17, 15) is 9.59 Å². The van der Waals surface area contributed by atoms with E-state index in [-0.39, 0.29) is 18.4 Å². The van der Waals surface area contributed by atoms with E-state index in [1.165, 1.54) is 4.90 Å². The Bertz CT molecular complexity index is 560. The van der Waals surface area contributed by atoms with Crippen molar-refractivity contribution in [2.45, 2.75) is 6.54 Å². The lowest BCUT2D eigenvalue weighted by Crippen LogP contribution is -2.29. The maximum Gasteiger partial charge on any atom is 0.261 e. The number of imide groups is 1. The van der Waals surface area contributed by atoms with Gasteiger partial charge in [-0.2, -0.15) is 8.75 Å². The lowest BCUT2D eigenvalue weighted by molar-refractivity contribution is 0.0641. The number of carbonyl (C=O) groups is 2. The Balaban J connectivity index is 1.95. The molecule has 0 saturated carbocycles. The van der Waals surface area contributed by atoms with Crippen molar-refractivity contribution in [2.75, 3.05) is 0 Å². The fraction of sp³-hybridized carbons (Fsp3) is 0.0909. The first-order valence-corrected chi connectivity index (χ1v) is 5.72. The predicted molar refractivity (Wildman–Crippen MR) is 60.6 cm³/mol. The summed E-state index contributed by atoms with van der Waals surface area (Å²) in [4.78, 5) is 25.2. The summed E-state index contributed by atoms with van der Waals surface area (Å²) in [6.07, 6.45) is 1.56. The number of amides is 2. The zero-order valence-electron chi connectivity index (χ0n) is 8.66. The summed E-state index contributed by atoms with van der Waals surface area (Å²) in [5, 5.41) is 0. The van der Waals surface area contributed by atoms with Crippen molar-refractivity contribution >= 4 is 23.5 Å². The molecule has 0 aliphatic carbocycles. The number of aromatic nitrogens is 2. The van der Waals surface area contributed by atoms with Gasteiger partial charge in [-0.15, -0.1) is 0 Å². The van der Waals surface area contributed by atoms with Gasteiger partial charge in [0.1, 0.15) is 0 Å². The molecule has 3 rings (SSSR count). The van der Waals surface area contributed by atoms with E-state index < -0.39 is 0 Å². The van der Waals surface area contributed by atoms with Gasteiger partial charge in [0.2, 0.25) is 0 Å². The van der Waals surface area contributed by atoms with E-state index in [4.69, 9.17) is 0 Å². The van der Waals surface area contributed by atoms with Gasteiger partial charge in [0, 0.05) is 0 Å². The van der Waals surface area contributed by atoms with Crippen LogP contribution >= 0.6 is 11.7 Å². The normalized spacial score (nSPS) is 14.2. The second kappa shape index (κ2) is 3.74. The van der Waals surface area contributed by atoms with Crippen LogP contribution in [0, 0.1) is 0 Å². The highest BCUT2D eigenvalue weighted by molar-refractivity contribution is 6.99. The summed E-state index contributed by atoms with van der Waals surface area (Å²) in [7, 11) is 0. The lowest BCUT2D eigenvalue weighted by atomic mass is 10.1. The molecule has 2 heterocycles. The number of hydrogen-bond acceptors (Lipinski definition) is 5. The van der Waals surface area contributed by atoms with Crippen LogP contribution in [0.4, 0.5) is 0 Å². The Kier molecular flexibility index (Phi) is 2.22. The third-order valence-electron chi connectivity index (χ3n) is 2.61. The summed E-state index contributed by atoms with van der Waals surface area (Å²) >= 11 is 1.06. The summed E-state index contributed by atoms with van der Waals surface area (Å²) in [5.41, 5.74) is 1.55. The molecule has 1 aromatic carbocycles. The second-order valence-electron chi connectivity index (χ2n) is 3.64. The van der Waals surface area contributed by atoms with Crippen molar-refractivity contribution < 1.29 is 9.59 Å². The molecule has 6 heteroatoms. The van der Waals surface area contributed by atoms with Gasteiger partial charge in [0.05, 0.1) is 41.3 Å². The highest BCUT2D eigenvalue weighted by Gasteiger charge is 2.35. The Hall–Kier alpha value is -2.08. The third kappa shape index (κ3) is 1.53. The molecule has 0 N–H and O–H groups in total. The van der Waals surface area contributed by atoms with E-state index in [2.05, 4.69) is 8.75 Å². The van der Waals surface area contributed by atoms with Crippen LogP contribution in [-0.4, -0.2) is 25.5 Å². The minimum absolute atomic E-state index is 0.183. The molecule has 84 valence electrons. The van der Waals surface area contributed by atoms with E-state index in [0.717, 1.165) is 11.7 Å². The SMILES string of the molecule is O=C1c2ccccc2C(=O)N1Cc1cnsn1. The standard InChI is InChI=1S/C11H7N3O2S/c15-10-8-3-1-2-4-9(8)11(16)14(10)6-7-5-12-17-13-7/h1-5H,6H2. The zero-order chi connectivity index (χ0) is 11.8. The largest absolute Gasteiger partial charge is 0.269 e. The van der Waals surface area contributed by atoms with Gasteiger partial charge in [-0.05, 0) is 12.1 Å². The van der Waals surface area contributed by atoms with E-state index >= 15 is 0 Å². The van der Waals surface area contributed by atoms with Crippen LogP contribution in [0.1, 0.15) is 26.4 Å². The number of nitrogens with zero attached hydrogens (tertiary/aromatic N) is 3. The highest BCUT2D eigenvalue weighted by atomic mass is 32.1. The average Bonchev–Trinajstić information content (AvgIpc) is 2.94. The summed E-state index contributed by atoms with van der Waals surface area (Å²) in [6, 6.07) is 6.82. The molecule has 0 unspecified atom stereocenters. The molecule has 0 saturated heterocycles. The Morgan fingerprint density at radius 2 is 1.76 bits per heavy atom. The quantitative estimate of drug-likeness (QED) is 0.749. The van der Waals surface area contributed by atoms with Gasteiger partial charge < -0.3 is 0 Å². The van der Waals surface area contributed by atoms with Gasteiger partial charge in [-0.1, -0.05) is 12.1 Å². The Morgan fingerprint density at radius 3 is 2.29 bits per heavy atom. The molecule has 17 heavy (non-hydrogen) atoms. The van der Waals surface area contributed by atoms with Gasteiger partial charge in [-0.3, -0.25) is 14.5 Å². The fourth-order valence-electron chi connectivity index (χ4n) is 1.80. The molecule has 5 nitrogen and oxygen atoms in total. The Morgan fingerprint density at radius 1 is 1.12 bits per heavy atom. The second-order valence-corrected chi connectivity index (χ2v) is 4.20. The van der Waals surface area contributed by atoms with E-state index in [1.807, 2.05) is 0 Å². The van der Waals surface area contributed by atoms with Crippen LogP contribution in [0.25, 0.3) is 0 Å². The molecule has 0 bridgehead atoms. The van der Waals surface area contributed by atoms with Crippen LogP contribution < -0.4 is 0 Å². The lowest BCUT2D eigenvalue weighted by Gasteiger charge is -2.10. The topological polar surface area (TPSA) is 63.2 Å². The summed E-state index contributed by atoms with van der Waals surface area (Å²) in [5.74, 6) is -0.530. The predicted octanol–water partition coefficient (Wildman–Crippen LogP) is 1.33. The Labute approximate surface area is 101 Å². The van der Waals surface area contributed by atoms with Crippen molar-refractivity contribution in [3.05, 3.63) is 47.3 Å². The molecule has 0 radical (unpaired) electrons. The van der Waals surface area contributed by atoms with Gasteiger partial charge in [-0.25, -0.2) is 0 Å². The summed E-state index contributed by atoms with van der Waals surface area (Å²) < 4.78 is 7.84. The van der Waals surface area contributed by atoms with Crippen LogP contribution in [0.2, 0.25) is 0 Å². The number of fused-ring (bicyclic) bond motifs is 1. The summed E-state index contributed by atoms with van der Waals surface area (Å²) in [6.45, 7) is 0.183. The third-order valence-corrected chi connectivity index (χ3v) is 3.12. The van der Waals surface area contributed by atoms with Crippen molar-refractivity contribution in [2.24, 2.45) is 0 Å². The maximum absolute atomic E-state index is 12.0. The number of hydrogen-bond donors (Lipinski definition) is 0. The molecule has 1 aromatic heterocycles. The highest BCUT2D eigenvalue weighted by Crippen LogP contribution is 2.23. The molecule has 1 aliphatic rings. The van der Waals surface area contributed by atoms with Crippen LogP contribution in [0.5, 0.6) is 0 Å². The number of rotatable bonds is 2. The minimum atomic E-state index is -0.265. The van der Waals surface area contributed by atoms with E-state index in [1.54, 1.807) is 30.5 Å². The van der Waals surface area contributed by atoms with Crippen LogP contribution in [-0.2, 0) is 6.54 Å². The smallest absolute Gasteiger partial charge is 0.261 e. The molecular formula is C11H7N3O2S. The first kappa shape index (κ1) is 10.1. The minimum Gasteiger partial charge on any atom is -0.269 e. The number of benzene rings is 1. The van der Waals surface area contributed by atoms with Crippen molar-refractivity contribution in [3.8, 4) is 0 Å². The molecule has 2 aromatic rings. The van der Waals surface area contributed by atoms with Gasteiger partial charge in [0.15, 0.2) is 0 Å². The number of carbonyl (C=O) groups excluding carboxylic acids is 2. The molecule has 1 aliphatic heterocycles. The molecule has 0 atom stereocenters. The van der Waals surface area contributed by atoms with Crippen molar-refractivity contribution in [1.82, 2.24) is 13.6 Å². The van der Waals surface area contributed by atoms with E-state index in [0.29, 0.717) is 16.8 Å². The van der Waals surface area contributed by atoms with Crippen molar-refractivity contribution in [3.63, 3.8) is 0 Å². The fourth-order valence-corrected chi connectivity index (χ4v) is 2.22. The first-order chi connectivity index (χ1) is 8.27. The van der Waals surface area contributed by atoms with Crippen molar-refractivity contribution in [1.29, 1.82) is 0 Å². The van der Waals surface area contributed by atoms with Crippen LogP contribution in [0.15, 0.2) is 30.5 Å². The van der Waals surface area contributed by atoms with Gasteiger partial charge in [0.25, 0.3) is 11.8 Å². The maximum atomic E-state index is 12.0.